The van der Waals surface area contributed by atoms with E-state index in [1.807, 2.05) is 64.4 Å². The maximum absolute atomic E-state index is 13.9. The van der Waals surface area contributed by atoms with E-state index in [0.29, 0.717) is 19.8 Å². The third-order valence-corrected chi connectivity index (χ3v) is 9.51. The van der Waals surface area contributed by atoms with E-state index in [4.69, 9.17) is 14.2 Å². The first-order valence-electron chi connectivity index (χ1n) is 16.5. The number of aliphatic hydroxyl groups excluding tert-OH is 1. The van der Waals surface area contributed by atoms with Crippen LogP contribution < -0.4 is 16.0 Å². The lowest BCUT2D eigenvalue weighted by Crippen LogP contribution is -2.58. The average Bonchev–Trinajstić information content (AvgIpc) is 3.66. The van der Waals surface area contributed by atoms with Crippen LogP contribution in [-0.4, -0.2) is 110 Å². The van der Waals surface area contributed by atoms with Crippen LogP contribution in [0.2, 0.25) is 0 Å². The molecular weight excluding hydrogens is 622 g/mol. The number of amides is 3. The number of piperidine rings is 1. The molecule has 2 aliphatic rings. The molecule has 0 aliphatic carbocycles. The van der Waals surface area contributed by atoms with Crippen LogP contribution in [0.3, 0.4) is 0 Å². The van der Waals surface area contributed by atoms with Gasteiger partial charge in [-0.25, -0.2) is 4.98 Å². The van der Waals surface area contributed by atoms with Crippen LogP contribution in [0.15, 0.2) is 29.8 Å². The molecule has 3 heterocycles. The molecule has 2 aliphatic heterocycles. The van der Waals surface area contributed by atoms with Crippen molar-refractivity contribution in [2.24, 2.45) is 5.41 Å². The summed E-state index contributed by atoms with van der Waals surface area (Å²) in [6, 6.07) is 5.83. The van der Waals surface area contributed by atoms with Crippen LogP contribution in [0.25, 0.3) is 10.4 Å². The number of carbonyl (C=O) groups excluding carboxylic acids is 3. The second-order valence-electron chi connectivity index (χ2n) is 13.4. The minimum atomic E-state index is -0.928. The number of aromatic nitrogens is 1. The van der Waals surface area contributed by atoms with Gasteiger partial charge in [-0.1, -0.05) is 45.0 Å². The predicted molar refractivity (Wildman–Crippen MR) is 180 cm³/mol. The van der Waals surface area contributed by atoms with E-state index in [1.54, 1.807) is 11.3 Å². The molecule has 0 unspecified atom stereocenters. The molecule has 0 saturated carbocycles. The third kappa shape index (κ3) is 10.8. The lowest BCUT2D eigenvalue weighted by atomic mass is 9.85. The number of nitrogens with one attached hydrogen (secondary N) is 3. The molecule has 260 valence electrons. The Hall–Kier alpha value is -2.94. The maximum atomic E-state index is 13.9. The summed E-state index contributed by atoms with van der Waals surface area (Å²) in [6.07, 6.45) is 1.55. The van der Waals surface area contributed by atoms with Crippen molar-refractivity contribution in [3.05, 3.63) is 41.0 Å². The van der Waals surface area contributed by atoms with Gasteiger partial charge in [-0.3, -0.25) is 14.4 Å². The van der Waals surface area contributed by atoms with Gasteiger partial charge in [-0.05, 0) is 56.3 Å². The van der Waals surface area contributed by atoms with Gasteiger partial charge in [0, 0.05) is 13.0 Å². The quantitative estimate of drug-likeness (QED) is 0.209. The van der Waals surface area contributed by atoms with Crippen molar-refractivity contribution >= 4 is 29.1 Å². The predicted octanol–water partition coefficient (Wildman–Crippen LogP) is 2.59. The lowest BCUT2D eigenvalue weighted by Gasteiger charge is -2.35. The molecule has 4 atom stereocenters. The van der Waals surface area contributed by atoms with Gasteiger partial charge in [-0.15, -0.1) is 11.3 Å². The van der Waals surface area contributed by atoms with Crippen molar-refractivity contribution < 1.29 is 33.7 Å². The Labute approximate surface area is 281 Å². The first kappa shape index (κ1) is 36.9. The number of carbonyl (C=O) groups is 3. The molecule has 12 nitrogen and oxygen atoms in total. The van der Waals surface area contributed by atoms with Crippen molar-refractivity contribution in [1.82, 2.24) is 25.8 Å². The summed E-state index contributed by atoms with van der Waals surface area (Å²) >= 11 is 1.58. The van der Waals surface area contributed by atoms with Crippen LogP contribution in [0.4, 0.5) is 0 Å². The van der Waals surface area contributed by atoms with E-state index in [0.717, 1.165) is 47.6 Å². The zero-order chi connectivity index (χ0) is 34.0. The molecule has 0 spiro atoms. The van der Waals surface area contributed by atoms with Gasteiger partial charge in [0.1, 0.15) is 18.7 Å². The number of benzene rings is 1. The topological polar surface area (TPSA) is 151 Å². The summed E-state index contributed by atoms with van der Waals surface area (Å²) in [6.45, 7) is 12.6. The van der Waals surface area contributed by atoms with Gasteiger partial charge in [0.05, 0.1) is 60.8 Å². The highest BCUT2D eigenvalue weighted by atomic mass is 32.1. The van der Waals surface area contributed by atoms with Gasteiger partial charge in [-0.2, -0.15) is 0 Å². The second-order valence-corrected chi connectivity index (χ2v) is 14.2. The first-order chi connectivity index (χ1) is 22.4. The smallest absolute Gasteiger partial charge is 0.246 e. The molecule has 13 heteroatoms. The fourth-order valence-corrected chi connectivity index (χ4v) is 6.65. The van der Waals surface area contributed by atoms with Crippen molar-refractivity contribution in [3.8, 4) is 10.4 Å². The van der Waals surface area contributed by atoms with E-state index in [-0.39, 0.29) is 44.2 Å². The summed E-state index contributed by atoms with van der Waals surface area (Å²) in [5.74, 6) is -1.22. The van der Waals surface area contributed by atoms with E-state index in [9.17, 15) is 19.5 Å². The van der Waals surface area contributed by atoms with Crippen molar-refractivity contribution in [3.63, 3.8) is 0 Å². The van der Waals surface area contributed by atoms with E-state index >= 15 is 0 Å². The molecule has 1 aromatic heterocycles. The Morgan fingerprint density at radius 2 is 1.74 bits per heavy atom. The lowest BCUT2D eigenvalue weighted by molar-refractivity contribution is -0.144. The third-order valence-electron chi connectivity index (χ3n) is 8.53. The van der Waals surface area contributed by atoms with E-state index in [1.165, 1.54) is 4.90 Å². The van der Waals surface area contributed by atoms with Crippen molar-refractivity contribution in [2.75, 3.05) is 52.7 Å². The molecule has 2 saturated heterocycles. The SMILES string of the molecule is Cc1ncsc1-c1ccc([C@H](C)NC(=O)[C@@H]2C[C@@H](O)CN2C(=O)[C@@H](NC(=O)COCCOCCOC2CCNCC2)C(C)(C)C)cc1. The van der Waals surface area contributed by atoms with Gasteiger partial charge >= 0.3 is 0 Å². The minimum absolute atomic E-state index is 0.00579. The number of rotatable bonds is 15. The zero-order valence-corrected chi connectivity index (χ0v) is 29.1. The van der Waals surface area contributed by atoms with Gasteiger partial charge in [0.15, 0.2) is 0 Å². The molecule has 4 rings (SSSR count). The van der Waals surface area contributed by atoms with Crippen molar-refractivity contribution in [1.29, 1.82) is 0 Å². The highest BCUT2D eigenvalue weighted by molar-refractivity contribution is 7.13. The number of ether oxygens (including phenoxy) is 3. The molecule has 4 N–H and O–H groups in total. The van der Waals surface area contributed by atoms with Crippen LogP contribution >= 0.6 is 11.3 Å². The minimum Gasteiger partial charge on any atom is -0.391 e. The van der Waals surface area contributed by atoms with Gasteiger partial charge < -0.3 is 40.2 Å². The highest BCUT2D eigenvalue weighted by Gasteiger charge is 2.44. The largest absolute Gasteiger partial charge is 0.391 e. The van der Waals surface area contributed by atoms with Gasteiger partial charge in [0.25, 0.3) is 0 Å². The fourth-order valence-electron chi connectivity index (χ4n) is 5.84. The highest BCUT2D eigenvalue weighted by Crippen LogP contribution is 2.29. The molecule has 1 aromatic carbocycles. The Kier molecular flexibility index (Phi) is 13.7. The number of aryl methyl sites for hydroxylation is 1. The molecule has 3 amide bonds. The maximum Gasteiger partial charge on any atom is 0.246 e. The van der Waals surface area contributed by atoms with Crippen molar-refractivity contribution in [2.45, 2.75) is 84.2 Å². The Bertz CT molecular complexity index is 1310. The van der Waals surface area contributed by atoms with Crippen LogP contribution in [0.1, 0.15) is 64.3 Å². The molecule has 47 heavy (non-hydrogen) atoms. The normalized spacial score (nSPS) is 20.2. The summed E-state index contributed by atoms with van der Waals surface area (Å²) in [7, 11) is 0. The summed E-state index contributed by atoms with van der Waals surface area (Å²) in [4.78, 5) is 47.0. The molecule has 2 aromatic rings. The van der Waals surface area contributed by atoms with E-state index < -0.39 is 35.4 Å². The zero-order valence-electron chi connectivity index (χ0n) is 28.3. The molecular formula is C34H51N5O7S. The van der Waals surface area contributed by atoms with Crippen LogP contribution in [0.5, 0.6) is 0 Å². The number of hydrogen-bond acceptors (Lipinski definition) is 10. The summed E-state index contributed by atoms with van der Waals surface area (Å²) in [5, 5.41) is 19.6. The molecule has 0 bridgehead atoms. The van der Waals surface area contributed by atoms with Crippen LogP contribution in [-0.2, 0) is 28.6 Å². The van der Waals surface area contributed by atoms with E-state index in [2.05, 4.69) is 20.9 Å². The molecule has 2 fully saturated rings. The number of nitrogens with zero attached hydrogens (tertiary/aromatic N) is 2. The average molecular weight is 674 g/mol. The first-order valence-corrected chi connectivity index (χ1v) is 17.4. The monoisotopic (exact) mass is 673 g/mol. The number of β-amino-alcohol motifs (C(OH)–C–C–N with tert-alkyl or cyclic N) is 1. The number of likely N-dealkylation sites (tertiary alicyclic amines) is 1. The second kappa shape index (κ2) is 17.5. The Balaban J connectivity index is 1.25. The van der Waals surface area contributed by atoms with Crippen LogP contribution in [0, 0.1) is 12.3 Å². The van der Waals surface area contributed by atoms with Gasteiger partial charge in [0.2, 0.25) is 17.7 Å². The number of aliphatic hydroxyl groups is 1. The number of thiazole rings is 1. The summed E-state index contributed by atoms with van der Waals surface area (Å²) < 4.78 is 16.8. The number of hydrogen-bond donors (Lipinski definition) is 4. The Morgan fingerprint density at radius 3 is 2.40 bits per heavy atom. The fraction of sp³-hybridized carbons (Fsp3) is 0.647. The molecule has 0 radical (unpaired) electrons. The summed E-state index contributed by atoms with van der Waals surface area (Å²) in [5.41, 5.74) is 4.10. The standard InChI is InChI=1S/C34H51N5O7S/c1-22(24-6-8-25(9-7-24)30-23(2)36-21-47-30)37-32(42)28-18-26(40)19-39(28)33(43)31(34(3,4)5)38-29(41)20-45-15-14-44-16-17-46-27-10-12-35-13-11-27/h6-9,21-22,26-28,31,35,40H,10-20H2,1-5H3,(H,37,42)(H,38,41)/t22-,26+,28-,31+/m0/s1. The Morgan fingerprint density at radius 1 is 1.06 bits per heavy atom.